The molecule has 0 fully saturated rings. The summed E-state index contributed by atoms with van der Waals surface area (Å²) >= 11 is 0. The Hall–Kier alpha value is -0.780. The minimum absolute atomic E-state index is 1.15. The molecule has 0 nitrogen and oxygen atoms in total. The average molecular weight is 208 g/mol. The van der Waals surface area contributed by atoms with Gasteiger partial charge in [0, 0.05) is 0 Å². The molecule has 0 bridgehead atoms. The van der Waals surface area contributed by atoms with E-state index in [0.717, 1.165) is 12.8 Å². The molecule has 0 radical (unpaired) electrons. The van der Waals surface area contributed by atoms with Crippen LogP contribution in [0.15, 0.2) is 18.2 Å². The van der Waals surface area contributed by atoms with Gasteiger partial charge in [-0.25, -0.2) is 0 Å². The second-order valence-electron chi connectivity index (χ2n) is 2.91. The van der Waals surface area contributed by atoms with E-state index in [4.69, 9.17) is 0 Å². The third-order valence-electron chi connectivity index (χ3n) is 2.32. The quantitative estimate of drug-likeness (QED) is 0.629. The van der Waals surface area contributed by atoms with Crippen LogP contribution in [0.3, 0.4) is 0 Å². The molecular weight excluding hydrogens is 180 g/mol. The molecule has 1 aromatic rings. The summed E-state index contributed by atoms with van der Waals surface area (Å²) in [5.74, 6) is 0. The first-order valence-corrected chi connectivity index (χ1v) is 6.37. The summed E-state index contributed by atoms with van der Waals surface area (Å²) in [5.41, 5.74) is 4.46. The van der Waals surface area contributed by atoms with Crippen LogP contribution in [0.4, 0.5) is 0 Å². The molecule has 0 aliphatic rings. The van der Waals surface area contributed by atoms with Gasteiger partial charge < -0.3 is 0 Å². The van der Waals surface area contributed by atoms with E-state index in [2.05, 4.69) is 39.0 Å². The van der Waals surface area contributed by atoms with Crippen molar-refractivity contribution < 1.29 is 0 Å². The second kappa shape index (κ2) is 11.3. The third kappa shape index (κ3) is 5.61. The molecule has 0 aliphatic heterocycles. The Labute approximate surface area is 96.7 Å². The van der Waals surface area contributed by atoms with Crippen LogP contribution in [0.2, 0.25) is 0 Å². The molecular formula is C15H28. The van der Waals surface area contributed by atoms with Gasteiger partial charge in [0.15, 0.2) is 0 Å². The molecule has 1 rings (SSSR count). The van der Waals surface area contributed by atoms with E-state index < -0.39 is 0 Å². The maximum atomic E-state index is 2.22. The van der Waals surface area contributed by atoms with Gasteiger partial charge >= 0.3 is 0 Å². The summed E-state index contributed by atoms with van der Waals surface area (Å²) in [6.45, 7) is 14.6. The number of hydrogen-bond donors (Lipinski definition) is 0. The van der Waals surface area contributed by atoms with Crippen LogP contribution in [-0.2, 0) is 12.8 Å². The SMILES string of the molecule is CC.CC.CCc1cccc(CC)c1C. The molecule has 0 heterocycles. The smallest absolute Gasteiger partial charge is 0.0305 e. The van der Waals surface area contributed by atoms with Gasteiger partial charge in [0.1, 0.15) is 0 Å². The van der Waals surface area contributed by atoms with Crippen LogP contribution in [0.25, 0.3) is 0 Å². The Morgan fingerprint density at radius 3 is 1.40 bits per heavy atom. The topological polar surface area (TPSA) is 0 Å². The zero-order valence-corrected chi connectivity index (χ0v) is 11.6. The summed E-state index contributed by atoms with van der Waals surface area (Å²) < 4.78 is 0. The van der Waals surface area contributed by atoms with Crippen molar-refractivity contribution in [1.82, 2.24) is 0 Å². The Bertz CT molecular complexity index is 214. The minimum atomic E-state index is 1.15. The lowest BCUT2D eigenvalue weighted by atomic mass is 9.99. The van der Waals surface area contributed by atoms with Gasteiger partial charge in [-0.1, -0.05) is 59.7 Å². The van der Waals surface area contributed by atoms with Crippen LogP contribution in [0.5, 0.6) is 0 Å². The molecule has 0 saturated carbocycles. The van der Waals surface area contributed by atoms with E-state index in [9.17, 15) is 0 Å². The normalized spacial score (nSPS) is 8.20. The van der Waals surface area contributed by atoms with E-state index in [1.54, 1.807) is 0 Å². The fourth-order valence-electron chi connectivity index (χ4n) is 1.50. The van der Waals surface area contributed by atoms with Crippen molar-refractivity contribution in [2.75, 3.05) is 0 Å². The second-order valence-corrected chi connectivity index (χ2v) is 2.91. The average Bonchev–Trinajstić information content (AvgIpc) is 2.34. The van der Waals surface area contributed by atoms with E-state index in [-0.39, 0.29) is 0 Å². The number of hydrogen-bond acceptors (Lipinski definition) is 0. The maximum Gasteiger partial charge on any atom is -0.0305 e. The Morgan fingerprint density at radius 1 is 0.800 bits per heavy atom. The zero-order chi connectivity index (χ0) is 12.3. The lowest BCUT2D eigenvalue weighted by molar-refractivity contribution is 1.05. The zero-order valence-electron chi connectivity index (χ0n) is 11.6. The van der Waals surface area contributed by atoms with Crippen molar-refractivity contribution in [3.63, 3.8) is 0 Å². The molecule has 0 atom stereocenters. The summed E-state index contributed by atoms with van der Waals surface area (Å²) in [4.78, 5) is 0. The molecule has 15 heavy (non-hydrogen) atoms. The van der Waals surface area contributed by atoms with Gasteiger partial charge in [-0.15, -0.1) is 0 Å². The summed E-state index contributed by atoms with van der Waals surface area (Å²) in [6.07, 6.45) is 2.30. The molecule has 0 unspecified atom stereocenters. The summed E-state index contributed by atoms with van der Waals surface area (Å²) in [5, 5.41) is 0. The Morgan fingerprint density at radius 2 is 1.13 bits per heavy atom. The molecule has 0 saturated heterocycles. The van der Waals surface area contributed by atoms with Crippen LogP contribution in [-0.4, -0.2) is 0 Å². The van der Waals surface area contributed by atoms with Crippen molar-refractivity contribution in [3.8, 4) is 0 Å². The predicted octanol–water partition coefficient (Wildman–Crippen LogP) is 5.17. The maximum absolute atomic E-state index is 2.22. The first-order valence-electron chi connectivity index (χ1n) is 6.37. The fourth-order valence-corrected chi connectivity index (χ4v) is 1.50. The highest BCUT2D eigenvalue weighted by Gasteiger charge is 1.98. The minimum Gasteiger partial charge on any atom is -0.0683 e. The monoisotopic (exact) mass is 208 g/mol. The fraction of sp³-hybridized carbons (Fsp3) is 0.600. The lowest BCUT2D eigenvalue weighted by Gasteiger charge is -2.06. The molecule has 0 N–H and O–H groups in total. The highest BCUT2D eigenvalue weighted by atomic mass is 14.0. The van der Waals surface area contributed by atoms with Gasteiger partial charge in [0.25, 0.3) is 0 Å². The molecule has 0 amide bonds. The highest BCUT2D eigenvalue weighted by Crippen LogP contribution is 2.14. The first-order chi connectivity index (χ1) is 7.29. The number of rotatable bonds is 2. The predicted molar refractivity (Wildman–Crippen MR) is 72.6 cm³/mol. The van der Waals surface area contributed by atoms with Gasteiger partial charge in [0.05, 0.1) is 0 Å². The van der Waals surface area contributed by atoms with Crippen LogP contribution in [0, 0.1) is 6.92 Å². The van der Waals surface area contributed by atoms with Gasteiger partial charge in [-0.05, 0) is 36.5 Å². The number of aryl methyl sites for hydroxylation is 2. The lowest BCUT2D eigenvalue weighted by Crippen LogP contribution is -1.91. The van der Waals surface area contributed by atoms with Crippen molar-refractivity contribution in [2.24, 2.45) is 0 Å². The van der Waals surface area contributed by atoms with E-state index in [1.165, 1.54) is 16.7 Å². The van der Waals surface area contributed by atoms with Crippen molar-refractivity contribution >= 4 is 0 Å². The van der Waals surface area contributed by atoms with Crippen molar-refractivity contribution in [3.05, 3.63) is 34.9 Å². The molecule has 0 spiro atoms. The van der Waals surface area contributed by atoms with E-state index >= 15 is 0 Å². The number of benzene rings is 1. The largest absolute Gasteiger partial charge is 0.0683 e. The van der Waals surface area contributed by atoms with E-state index in [1.807, 2.05) is 27.7 Å². The van der Waals surface area contributed by atoms with Crippen molar-refractivity contribution in [1.29, 1.82) is 0 Å². The Balaban J connectivity index is 0. The van der Waals surface area contributed by atoms with Crippen LogP contribution in [0.1, 0.15) is 58.2 Å². The highest BCUT2D eigenvalue weighted by molar-refractivity contribution is 5.33. The first kappa shape index (κ1) is 16.6. The molecule has 88 valence electrons. The van der Waals surface area contributed by atoms with Crippen LogP contribution < -0.4 is 0 Å². The van der Waals surface area contributed by atoms with Gasteiger partial charge in [-0.2, -0.15) is 0 Å². The molecule has 0 aliphatic carbocycles. The molecule has 0 heteroatoms. The van der Waals surface area contributed by atoms with Crippen LogP contribution >= 0.6 is 0 Å². The standard InChI is InChI=1S/C11H16.2C2H6/c1-4-10-7-6-8-11(5-2)9(10)3;2*1-2/h6-8H,4-5H2,1-3H3;2*1-2H3. The van der Waals surface area contributed by atoms with Gasteiger partial charge in [-0.3, -0.25) is 0 Å². The van der Waals surface area contributed by atoms with Gasteiger partial charge in [0.2, 0.25) is 0 Å². The molecule has 0 aromatic heterocycles. The molecule has 1 aromatic carbocycles. The van der Waals surface area contributed by atoms with E-state index in [0.29, 0.717) is 0 Å². The Kier molecular flexibility index (Phi) is 12.5. The third-order valence-corrected chi connectivity index (χ3v) is 2.32. The van der Waals surface area contributed by atoms with Crippen molar-refractivity contribution in [2.45, 2.75) is 61.3 Å². The summed E-state index contributed by atoms with van der Waals surface area (Å²) in [6, 6.07) is 6.59. The summed E-state index contributed by atoms with van der Waals surface area (Å²) in [7, 11) is 0.